The van der Waals surface area contributed by atoms with Crippen molar-refractivity contribution >= 4 is 5.91 Å². The SMILES string of the molecule is CC(C)(C)OCCC(=O)N1CC[C@@](O)(c2ccccc2)[C@H]2CCCCC21. The van der Waals surface area contributed by atoms with Gasteiger partial charge in [-0.05, 0) is 45.6 Å². The molecule has 0 aromatic heterocycles. The van der Waals surface area contributed by atoms with Gasteiger partial charge in [-0.1, -0.05) is 43.2 Å². The fraction of sp³-hybridized carbons (Fsp3) is 0.682. The molecule has 3 rings (SSSR count). The summed E-state index contributed by atoms with van der Waals surface area (Å²) in [5, 5.41) is 11.6. The minimum atomic E-state index is -0.814. The highest BCUT2D eigenvalue weighted by Gasteiger charge is 2.50. The first-order valence-corrected chi connectivity index (χ1v) is 10.0. The van der Waals surface area contributed by atoms with E-state index in [4.69, 9.17) is 4.74 Å². The number of ether oxygens (including phenoxy) is 1. The van der Waals surface area contributed by atoms with Crippen LogP contribution in [0.5, 0.6) is 0 Å². The van der Waals surface area contributed by atoms with Gasteiger partial charge >= 0.3 is 0 Å². The summed E-state index contributed by atoms with van der Waals surface area (Å²) in [5.74, 6) is 0.293. The van der Waals surface area contributed by atoms with Crippen LogP contribution in [0.1, 0.15) is 64.9 Å². The van der Waals surface area contributed by atoms with E-state index in [1.807, 2.05) is 56.0 Å². The molecule has 1 aliphatic carbocycles. The highest BCUT2D eigenvalue weighted by molar-refractivity contribution is 5.77. The summed E-state index contributed by atoms with van der Waals surface area (Å²) in [6.07, 6.45) is 5.28. The second-order valence-corrected chi connectivity index (χ2v) is 8.80. The van der Waals surface area contributed by atoms with E-state index in [0.717, 1.165) is 31.2 Å². The van der Waals surface area contributed by atoms with Gasteiger partial charge in [0.15, 0.2) is 0 Å². The molecule has 2 aliphatic rings. The fourth-order valence-corrected chi connectivity index (χ4v) is 4.67. The molecule has 4 nitrogen and oxygen atoms in total. The van der Waals surface area contributed by atoms with E-state index < -0.39 is 5.60 Å². The normalized spacial score (nSPS) is 29.3. The number of carbonyl (C=O) groups excluding carboxylic acids is 1. The first-order valence-electron chi connectivity index (χ1n) is 10.0. The first kappa shape index (κ1) is 19.4. The number of fused-ring (bicyclic) bond motifs is 1. The molecule has 1 saturated heterocycles. The van der Waals surface area contributed by atoms with Crippen LogP contribution in [-0.4, -0.2) is 40.7 Å². The van der Waals surface area contributed by atoms with Crippen molar-refractivity contribution in [3.63, 3.8) is 0 Å². The molecule has 3 atom stereocenters. The van der Waals surface area contributed by atoms with Crippen molar-refractivity contribution in [3.05, 3.63) is 35.9 Å². The van der Waals surface area contributed by atoms with Gasteiger partial charge in [-0.25, -0.2) is 0 Å². The first-order chi connectivity index (χ1) is 12.3. The number of nitrogens with zero attached hydrogens (tertiary/aromatic N) is 1. The number of amides is 1. The molecular weight excluding hydrogens is 326 g/mol. The van der Waals surface area contributed by atoms with Crippen molar-refractivity contribution < 1.29 is 14.6 Å². The molecule has 2 fully saturated rings. The van der Waals surface area contributed by atoms with Crippen molar-refractivity contribution in [2.45, 2.75) is 76.5 Å². The Morgan fingerprint density at radius 3 is 2.62 bits per heavy atom. The molecule has 1 heterocycles. The average molecular weight is 360 g/mol. The summed E-state index contributed by atoms with van der Waals surface area (Å²) >= 11 is 0. The Morgan fingerprint density at radius 2 is 1.92 bits per heavy atom. The Morgan fingerprint density at radius 1 is 1.23 bits per heavy atom. The number of benzene rings is 1. The van der Waals surface area contributed by atoms with Gasteiger partial charge in [0.05, 0.1) is 24.2 Å². The summed E-state index contributed by atoms with van der Waals surface area (Å²) < 4.78 is 5.74. The smallest absolute Gasteiger partial charge is 0.225 e. The van der Waals surface area contributed by atoms with E-state index in [-0.39, 0.29) is 23.5 Å². The maximum atomic E-state index is 12.9. The molecule has 4 heteroatoms. The fourth-order valence-electron chi connectivity index (χ4n) is 4.67. The topological polar surface area (TPSA) is 49.8 Å². The van der Waals surface area contributed by atoms with Crippen LogP contribution in [0.15, 0.2) is 30.3 Å². The number of carbonyl (C=O) groups is 1. The van der Waals surface area contributed by atoms with E-state index in [2.05, 4.69) is 0 Å². The van der Waals surface area contributed by atoms with Crippen LogP contribution in [0.4, 0.5) is 0 Å². The lowest BCUT2D eigenvalue weighted by Gasteiger charge is -2.52. The Kier molecular flexibility index (Phi) is 5.73. The van der Waals surface area contributed by atoms with Gasteiger partial charge in [-0.15, -0.1) is 0 Å². The molecule has 1 saturated carbocycles. The monoisotopic (exact) mass is 359 g/mol. The van der Waals surface area contributed by atoms with Gasteiger partial charge in [0.1, 0.15) is 0 Å². The molecular formula is C22H33NO3. The zero-order chi connectivity index (χ0) is 18.8. The van der Waals surface area contributed by atoms with Crippen molar-refractivity contribution in [1.29, 1.82) is 0 Å². The lowest BCUT2D eigenvalue weighted by Crippen LogP contribution is -2.59. The third-order valence-corrected chi connectivity index (χ3v) is 5.92. The van der Waals surface area contributed by atoms with E-state index >= 15 is 0 Å². The molecule has 1 aromatic rings. The van der Waals surface area contributed by atoms with Gasteiger partial charge in [0.2, 0.25) is 5.91 Å². The lowest BCUT2D eigenvalue weighted by atomic mass is 9.66. The number of aliphatic hydroxyl groups is 1. The van der Waals surface area contributed by atoms with Crippen molar-refractivity contribution in [3.8, 4) is 0 Å². The van der Waals surface area contributed by atoms with E-state index in [1.165, 1.54) is 0 Å². The number of hydrogen-bond donors (Lipinski definition) is 1. The summed E-state index contributed by atoms with van der Waals surface area (Å²) in [7, 11) is 0. The predicted octanol–water partition coefficient (Wildman–Crippen LogP) is 3.87. The highest BCUT2D eigenvalue weighted by atomic mass is 16.5. The molecule has 1 unspecified atom stereocenters. The van der Waals surface area contributed by atoms with Crippen LogP contribution >= 0.6 is 0 Å². The summed E-state index contributed by atoms with van der Waals surface area (Å²) in [4.78, 5) is 14.9. The lowest BCUT2D eigenvalue weighted by molar-refractivity contribution is -0.156. The van der Waals surface area contributed by atoms with Crippen LogP contribution < -0.4 is 0 Å². The quantitative estimate of drug-likeness (QED) is 0.888. The summed E-state index contributed by atoms with van der Waals surface area (Å²) in [5.41, 5.74) is -0.0335. The standard InChI is InChI=1S/C22H33NO3/c1-21(2,3)26-16-13-20(24)23-15-14-22(25,17-9-5-4-6-10-17)18-11-7-8-12-19(18)23/h4-6,9-10,18-19,25H,7-8,11-16H2,1-3H3/t18-,19?,22+/m0/s1. The van der Waals surface area contributed by atoms with Gasteiger partial charge in [0.25, 0.3) is 0 Å². The van der Waals surface area contributed by atoms with Crippen LogP contribution in [0, 0.1) is 5.92 Å². The molecule has 26 heavy (non-hydrogen) atoms. The second kappa shape index (κ2) is 7.69. The van der Waals surface area contributed by atoms with Crippen LogP contribution in [-0.2, 0) is 15.1 Å². The van der Waals surface area contributed by atoms with Crippen molar-refractivity contribution in [2.24, 2.45) is 5.92 Å². The van der Waals surface area contributed by atoms with Gasteiger partial charge in [0, 0.05) is 18.5 Å². The Balaban J connectivity index is 1.73. The third kappa shape index (κ3) is 4.12. The van der Waals surface area contributed by atoms with Crippen LogP contribution in [0.3, 0.4) is 0 Å². The molecule has 144 valence electrons. The average Bonchev–Trinajstić information content (AvgIpc) is 2.62. The highest BCUT2D eigenvalue weighted by Crippen LogP contribution is 2.47. The minimum Gasteiger partial charge on any atom is -0.385 e. The molecule has 1 aromatic carbocycles. The Hall–Kier alpha value is -1.39. The largest absolute Gasteiger partial charge is 0.385 e. The maximum Gasteiger partial charge on any atom is 0.225 e. The number of piperidine rings is 1. The van der Waals surface area contributed by atoms with Crippen molar-refractivity contribution in [2.75, 3.05) is 13.2 Å². The number of likely N-dealkylation sites (tertiary alicyclic amines) is 1. The van der Waals surface area contributed by atoms with E-state index in [0.29, 0.717) is 26.0 Å². The molecule has 1 aliphatic heterocycles. The van der Waals surface area contributed by atoms with Gasteiger partial charge < -0.3 is 14.7 Å². The number of hydrogen-bond acceptors (Lipinski definition) is 3. The minimum absolute atomic E-state index is 0.125. The Labute approximate surface area is 157 Å². The molecule has 1 N–H and O–H groups in total. The predicted molar refractivity (Wildman–Crippen MR) is 103 cm³/mol. The zero-order valence-electron chi connectivity index (χ0n) is 16.4. The van der Waals surface area contributed by atoms with Gasteiger partial charge in [-0.3, -0.25) is 4.79 Å². The van der Waals surface area contributed by atoms with Crippen molar-refractivity contribution in [1.82, 2.24) is 4.90 Å². The van der Waals surface area contributed by atoms with Crippen LogP contribution in [0.25, 0.3) is 0 Å². The second-order valence-electron chi connectivity index (χ2n) is 8.80. The molecule has 0 bridgehead atoms. The maximum absolute atomic E-state index is 12.9. The Bertz CT molecular complexity index is 610. The molecule has 0 spiro atoms. The molecule has 0 radical (unpaired) electrons. The number of rotatable bonds is 4. The summed E-state index contributed by atoms with van der Waals surface area (Å²) in [6, 6.07) is 10.2. The van der Waals surface area contributed by atoms with Crippen LogP contribution in [0.2, 0.25) is 0 Å². The summed E-state index contributed by atoms with van der Waals surface area (Å²) in [6.45, 7) is 7.11. The third-order valence-electron chi connectivity index (χ3n) is 5.92. The van der Waals surface area contributed by atoms with E-state index in [1.54, 1.807) is 0 Å². The zero-order valence-corrected chi connectivity index (χ0v) is 16.4. The van der Waals surface area contributed by atoms with Gasteiger partial charge in [-0.2, -0.15) is 0 Å². The molecule has 1 amide bonds. The van der Waals surface area contributed by atoms with E-state index in [9.17, 15) is 9.90 Å².